The van der Waals surface area contributed by atoms with Crippen LogP contribution < -0.4 is 0 Å². The highest BCUT2D eigenvalue weighted by Gasteiger charge is 2.07. The van der Waals surface area contributed by atoms with E-state index in [1.165, 1.54) is 6.26 Å². The molecule has 0 bridgehead atoms. The maximum Gasteiger partial charge on any atom is 0.246 e. The molecular weight excluding hydrogens is 99.0 g/mol. The highest BCUT2D eigenvalue weighted by molar-refractivity contribution is 4.75. The third-order valence-corrected chi connectivity index (χ3v) is 0.633. The van der Waals surface area contributed by atoms with Gasteiger partial charge in [-0.05, 0) is 6.08 Å². The smallest absolute Gasteiger partial charge is 0.246 e. The van der Waals surface area contributed by atoms with Crippen LogP contribution in [0.2, 0.25) is 0 Å². The molecule has 0 amide bonds. The summed E-state index contributed by atoms with van der Waals surface area (Å²) in [5, 5.41) is 0. The van der Waals surface area contributed by atoms with Crippen molar-refractivity contribution in [3.8, 4) is 0 Å². The van der Waals surface area contributed by atoms with Crippen molar-refractivity contribution in [3.05, 3.63) is 12.3 Å². The zero-order valence-electron chi connectivity index (χ0n) is 3.63. The van der Waals surface area contributed by atoms with Gasteiger partial charge in [-0.3, -0.25) is 0 Å². The van der Waals surface area contributed by atoms with Crippen molar-refractivity contribution in [2.75, 3.05) is 0 Å². The fourth-order valence-electron chi connectivity index (χ4n) is 0.333. The lowest BCUT2D eigenvalue weighted by Crippen LogP contribution is -2.06. The van der Waals surface area contributed by atoms with Gasteiger partial charge in [0.25, 0.3) is 0 Å². The van der Waals surface area contributed by atoms with Crippen LogP contribution in [0.1, 0.15) is 6.42 Å². The summed E-state index contributed by atoms with van der Waals surface area (Å²) in [5.74, 6) is 0. The quantitative estimate of drug-likeness (QED) is 0.429. The molecule has 1 heterocycles. The van der Waals surface area contributed by atoms with Gasteiger partial charge in [-0.2, -0.15) is 4.89 Å². The maximum absolute atomic E-state index is 11.8. The second-order valence-electron chi connectivity index (χ2n) is 1.21. The SMILES string of the molecule is FC1CC=COO1. The van der Waals surface area contributed by atoms with Crippen LogP contribution in [-0.2, 0) is 9.78 Å². The van der Waals surface area contributed by atoms with E-state index in [0.29, 0.717) is 6.42 Å². The molecule has 0 N–H and O–H groups in total. The summed E-state index contributed by atoms with van der Waals surface area (Å²) >= 11 is 0. The number of alkyl halides is 1. The molecule has 1 atom stereocenters. The van der Waals surface area contributed by atoms with Crippen LogP contribution in [0.3, 0.4) is 0 Å². The normalized spacial score (nSPS) is 29.6. The molecular formula is C4H5FO2. The van der Waals surface area contributed by atoms with Crippen molar-refractivity contribution in [2.45, 2.75) is 12.8 Å². The summed E-state index contributed by atoms with van der Waals surface area (Å²) in [4.78, 5) is 8.15. The fraction of sp³-hybridized carbons (Fsp3) is 0.500. The molecule has 0 spiro atoms. The van der Waals surface area contributed by atoms with Crippen molar-refractivity contribution in [1.29, 1.82) is 0 Å². The predicted octanol–water partition coefficient (Wildman–Crippen LogP) is 1.15. The van der Waals surface area contributed by atoms with E-state index in [1.54, 1.807) is 6.08 Å². The number of hydrogen-bond donors (Lipinski definition) is 0. The lowest BCUT2D eigenvalue weighted by atomic mass is 10.4. The first-order chi connectivity index (χ1) is 3.39. The van der Waals surface area contributed by atoms with Gasteiger partial charge in [0, 0.05) is 6.42 Å². The maximum atomic E-state index is 11.8. The standard InChI is InChI=1S/C4H5FO2/c5-4-2-1-3-6-7-4/h1,3-4H,2H2. The summed E-state index contributed by atoms with van der Waals surface area (Å²) in [6, 6.07) is 0. The summed E-state index contributed by atoms with van der Waals surface area (Å²) < 4.78 is 11.8. The van der Waals surface area contributed by atoms with E-state index < -0.39 is 6.36 Å². The van der Waals surface area contributed by atoms with Crippen molar-refractivity contribution in [3.63, 3.8) is 0 Å². The van der Waals surface area contributed by atoms with Crippen LogP contribution in [0.15, 0.2) is 12.3 Å². The Kier molecular flexibility index (Phi) is 1.26. The molecule has 1 aliphatic rings. The summed E-state index contributed by atoms with van der Waals surface area (Å²) in [5.41, 5.74) is 0. The molecule has 3 heteroatoms. The van der Waals surface area contributed by atoms with E-state index in [9.17, 15) is 4.39 Å². The van der Waals surface area contributed by atoms with Gasteiger partial charge in [-0.25, -0.2) is 4.39 Å². The van der Waals surface area contributed by atoms with E-state index in [0.717, 1.165) is 0 Å². The van der Waals surface area contributed by atoms with Crippen molar-refractivity contribution in [1.82, 2.24) is 0 Å². The van der Waals surface area contributed by atoms with Crippen molar-refractivity contribution >= 4 is 0 Å². The van der Waals surface area contributed by atoms with Crippen LogP contribution in [0.5, 0.6) is 0 Å². The van der Waals surface area contributed by atoms with Gasteiger partial charge in [-0.1, -0.05) is 0 Å². The van der Waals surface area contributed by atoms with Gasteiger partial charge in [0.05, 0.1) is 0 Å². The first-order valence-electron chi connectivity index (χ1n) is 2.01. The Hall–Kier alpha value is -0.570. The number of halogens is 1. The Morgan fingerprint density at radius 2 is 2.57 bits per heavy atom. The molecule has 1 unspecified atom stereocenters. The van der Waals surface area contributed by atoms with Crippen molar-refractivity contribution < 1.29 is 14.2 Å². The van der Waals surface area contributed by atoms with Crippen molar-refractivity contribution in [2.24, 2.45) is 0 Å². The van der Waals surface area contributed by atoms with E-state index >= 15 is 0 Å². The van der Waals surface area contributed by atoms with Gasteiger partial charge in [0.15, 0.2) is 0 Å². The molecule has 40 valence electrons. The molecule has 1 aliphatic heterocycles. The minimum Gasteiger partial charge on any atom is -0.343 e. The highest BCUT2D eigenvalue weighted by Crippen LogP contribution is 2.06. The van der Waals surface area contributed by atoms with Crippen LogP contribution in [0.4, 0.5) is 4.39 Å². The molecule has 0 fully saturated rings. The molecule has 1 rings (SSSR count). The average Bonchev–Trinajstić information content (AvgIpc) is 1.69. The van der Waals surface area contributed by atoms with Gasteiger partial charge in [-0.15, -0.1) is 0 Å². The highest BCUT2D eigenvalue weighted by atomic mass is 19.1. The Morgan fingerprint density at radius 1 is 1.71 bits per heavy atom. The summed E-state index contributed by atoms with van der Waals surface area (Å²) in [6.45, 7) is 0. The van der Waals surface area contributed by atoms with Gasteiger partial charge >= 0.3 is 0 Å². The van der Waals surface area contributed by atoms with Gasteiger partial charge in [0.1, 0.15) is 6.26 Å². The Morgan fingerprint density at radius 3 is 2.86 bits per heavy atom. The molecule has 0 aliphatic carbocycles. The van der Waals surface area contributed by atoms with E-state index in [-0.39, 0.29) is 0 Å². The molecule has 0 aromatic carbocycles. The third kappa shape index (κ3) is 1.16. The second-order valence-corrected chi connectivity index (χ2v) is 1.21. The fourth-order valence-corrected chi connectivity index (χ4v) is 0.333. The average molecular weight is 104 g/mol. The summed E-state index contributed by atoms with van der Waals surface area (Å²) in [7, 11) is 0. The summed E-state index contributed by atoms with van der Waals surface area (Å²) in [6.07, 6.45) is 1.90. The van der Waals surface area contributed by atoms with E-state index in [4.69, 9.17) is 0 Å². The zero-order chi connectivity index (χ0) is 5.11. The first-order valence-corrected chi connectivity index (χ1v) is 2.01. The van der Waals surface area contributed by atoms with Crippen LogP contribution in [-0.4, -0.2) is 6.36 Å². The number of hydrogen-bond acceptors (Lipinski definition) is 2. The third-order valence-electron chi connectivity index (χ3n) is 0.633. The molecule has 2 nitrogen and oxygen atoms in total. The van der Waals surface area contributed by atoms with Crippen LogP contribution >= 0.6 is 0 Å². The monoisotopic (exact) mass is 104 g/mol. The van der Waals surface area contributed by atoms with E-state index in [1.807, 2.05) is 0 Å². The topological polar surface area (TPSA) is 18.5 Å². The molecule has 0 saturated carbocycles. The lowest BCUT2D eigenvalue weighted by Gasteiger charge is -2.07. The zero-order valence-corrected chi connectivity index (χ0v) is 3.63. The van der Waals surface area contributed by atoms with Gasteiger partial charge < -0.3 is 4.89 Å². The lowest BCUT2D eigenvalue weighted by molar-refractivity contribution is -0.321. The first kappa shape index (κ1) is 4.59. The molecule has 0 saturated heterocycles. The Labute approximate surface area is 40.5 Å². The molecule has 0 aromatic heterocycles. The van der Waals surface area contributed by atoms with Gasteiger partial charge in [0.2, 0.25) is 6.36 Å². The van der Waals surface area contributed by atoms with E-state index in [2.05, 4.69) is 9.78 Å². The second kappa shape index (κ2) is 1.93. The minimum absolute atomic E-state index is 0.292. The molecule has 0 radical (unpaired) electrons. The predicted molar refractivity (Wildman–Crippen MR) is 20.8 cm³/mol. The Bertz CT molecular complexity index is 81.8. The largest absolute Gasteiger partial charge is 0.343 e. The molecule has 0 aromatic rings. The van der Waals surface area contributed by atoms with Crippen LogP contribution in [0.25, 0.3) is 0 Å². The van der Waals surface area contributed by atoms with Crippen LogP contribution in [0, 0.1) is 0 Å². The Balaban J connectivity index is 2.32. The molecule has 7 heavy (non-hydrogen) atoms. The minimum atomic E-state index is -1.27. The number of rotatable bonds is 0.